The van der Waals surface area contributed by atoms with E-state index in [2.05, 4.69) is 34.0 Å². The zero-order valence-electron chi connectivity index (χ0n) is 14.1. The van der Waals surface area contributed by atoms with Crippen molar-refractivity contribution < 1.29 is 4.79 Å². The molecule has 1 aliphatic heterocycles. The van der Waals surface area contributed by atoms with Gasteiger partial charge in [-0.2, -0.15) is 5.10 Å². The molecule has 3 rings (SSSR count). The summed E-state index contributed by atoms with van der Waals surface area (Å²) in [6, 6.07) is 9.87. The van der Waals surface area contributed by atoms with Gasteiger partial charge < -0.3 is 16.0 Å². The van der Waals surface area contributed by atoms with Crippen LogP contribution in [0, 0.1) is 0 Å². The Morgan fingerprint density at radius 1 is 1.33 bits per heavy atom. The maximum atomic E-state index is 13.1. The quantitative estimate of drug-likeness (QED) is 0.755. The molecule has 0 atom stereocenters. The van der Waals surface area contributed by atoms with Crippen molar-refractivity contribution in [3.8, 4) is 0 Å². The number of hydrogen-bond acceptors (Lipinski definition) is 4. The van der Waals surface area contributed by atoms with Crippen LogP contribution in [0.15, 0.2) is 42.7 Å². The fraction of sp³-hybridized carbons (Fsp3) is 0.444. The van der Waals surface area contributed by atoms with Crippen molar-refractivity contribution >= 4 is 11.6 Å². The molecular weight excluding hydrogens is 302 g/mol. The SMILES string of the molecule is CCNCc1cccc(NC(=O)C2(n3cccn3)CCNCC2)c1. The van der Waals surface area contributed by atoms with Gasteiger partial charge in [0.25, 0.3) is 5.91 Å². The van der Waals surface area contributed by atoms with E-state index in [-0.39, 0.29) is 5.91 Å². The van der Waals surface area contributed by atoms with E-state index in [4.69, 9.17) is 0 Å². The molecule has 1 fully saturated rings. The predicted molar refractivity (Wildman–Crippen MR) is 94.8 cm³/mol. The predicted octanol–water partition coefficient (Wildman–Crippen LogP) is 1.71. The van der Waals surface area contributed by atoms with E-state index in [1.807, 2.05) is 35.1 Å². The molecule has 1 aromatic heterocycles. The van der Waals surface area contributed by atoms with Crippen molar-refractivity contribution in [2.24, 2.45) is 0 Å². The van der Waals surface area contributed by atoms with Gasteiger partial charge in [0.1, 0.15) is 5.54 Å². The van der Waals surface area contributed by atoms with Gasteiger partial charge in [-0.05, 0) is 56.2 Å². The average Bonchev–Trinajstić information content (AvgIpc) is 3.16. The number of anilines is 1. The lowest BCUT2D eigenvalue weighted by Crippen LogP contribution is -2.52. The number of carbonyl (C=O) groups excluding carboxylic acids is 1. The van der Waals surface area contributed by atoms with Gasteiger partial charge in [-0.15, -0.1) is 0 Å². The van der Waals surface area contributed by atoms with Crippen LogP contribution in [0.3, 0.4) is 0 Å². The summed E-state index contributed by atoms with van der Waals surface area (Å²) < 4.78 is 1.81. The summed E-state index contributed by atoms with van der Waals surface area (Å²) in [5, 5.41) is 14.1. The van der Waals surface area contributed by atoms with Gasteiger partial charge in [0, 0.05) is 24.6 Å². The van der Waals surface area contributed by atoms with Crippen molar-refractivity contribution in [1.82, 2.24) is 20.4 Å². The Bertz CT molecular complexity index is 662. The lowest BCUT2D eigenvalue weighted by molar-refractivity contribution is -0.126. The number of piperidine rings is 1. The molecule has 6 heteroatoms. The van der Waals surface area contributed by atoms with E-state index < -0.39 is 5.54 Å². The summed E-state index contributed by atoms with van der Waals surface area (Å²) >= 11 is 0. The number of hydrogen-bond donors (Lipinski definition) is 3. The topological polar surface area (TPSA) is 71.0 Å². The highest BCUT2D eigenvalue weighted by Gasteiger charge is 2.42. The van der Waals surface area contributed by atoms with Crippen LogP contribution in [-0.2, 0) is 16.9 Å². The lowest BCUT2D eigenvalue weighted by Gasteiger charge is -2.36. The van der Waals surface area contributed by atoms with Crippen molar-refractivity contribution in [3.63, 3.8) is 0 Å². The molecule has 2 heterocycles. The normalized spacial score (nSPS) is 16.7. The number of aromatic nitrogens is 2. The molecule has 2 aromatic rings. The number of nitrogens with zero attached hydrogens (tertiary/aromatic N) is 2. The standard InChI is InChI=1S/C18H25N5O/c1-2-19-14-15-5-3-6-16(13-15)22-17(24)18(7-10-20-11-8-18)23-12-4-9-21-23/h3-6,9,12-13,19-20H,2,7-8,10-11,14H2,1H3,(H,22,24). The number of carbonyl (C=O) groups is 1. The minimum absolute atomic E-state index is 0.00769. The van der Waals surface area contributed by atoms with Crippen LogP contribution < -0.4 is 16.0 Å². The molecule has 24 heavy (non-hydrogen) atoms. The lowest BCUT2D eigenvalue weighted by atomic mass is 9.87. The number of amides is 1. The van der Waals surface area contributed by atoms with Crippen LogP contribution in [0.25, 0.3) is 0 Å². The van der Waals surface area contributed by atoms with Gasteiger partial charge in [0.2, 0.25) is 0 Å². The molecular formula is C18H25N5O. The fourth-order valence-corrected chi connectivity index (χ4v) is 3.20. The fourth-order valence-electron chi connectivity index (χ4n) is 3.20. The number of benzene rings is 1. The second-order valence-electron chi connectivity index (χ2n) is 6.17. The summed E-state index contributed by atoms with van der Waals surface area (Å²) in [5.74, 6) is 0.00769. The third-order valence-electron chi connectivity index (χ3n) is 4.56. The molecule has 128 valence electrons. The average molecular weight is 327 g/mol. The van der Waals surface area contributed by atoms with Gasteiger partial charge in [-0.1, -0.05) is 19.1 Å². The van der Waals surface area contributed by atoms with Gasteiger partial charge >= 0.3 is 0 Å². The largest absolute Gasteiger partial charge is 0.324 e. The van der Waals surface area contributed by atoms with E-state index in [1.165, 1.54) is 0 Å². The molecule has 0 unspecified atom stereocenters. The Balaban J connectivity index is 1.79. The maximum absolute atomic E-state index is 13.1. The molecule has 0 aliphatic carbocycles. The minimum Gasteiger partial charge on any atom is -0.324 e. The molecule has 0 spiro atoms. The van der Waals surface area contributed by atoms with Crippen molar-refractivity contribution in [1.29, 1.82) is 0 Å². The van der Waals surface area contributed by atoms with Gasteiger partial charge in [-0.25, -0.2) is 0 Å². The van der Waals surface area contributed by atoms with E-state index >= 15 is 0 Å². The highest BCUT2D eigenvalue weighted by Crippen LogP contribution is 2.28. The summed E-state index contributed by atoms with van der Waals surface area (Å²) in [6.07, 6.45) is 5.08. The highest BCUT2D eigenvalue weighted by molar-refractivity contribution is 5.96. The number of rotatable bonds is 6. The summed E-state index contributed by atoms with van der Waals surface area (Å²) in [6.45, 7) is 5.43. The van der Waals surface area contributed by atoms with Crippen LogP contribution in [0.1, 0.15) is 25.3 Å². The van der Waals surface area contributed by atoms with Gasteiger partial charge in [0.05, 0.1) is 0 Å². The maximum Gasteiger partial charge on any atom is 0.252 e. The summed E-state index contributed by atoms with van der Waals surface area (Å²) in [4.78, 5) is 13.1. The van der Waals surface area contributed by atoms with Crippen LogP contribution in [0.2, 0.25) is 0 Å². The van der Waals surface area contributed by atoms with Crippen molar-refractivity contribution in [3.05, 3.63) is 48.3 Å². The third kappa shape index (κ3) is 3.49. The zero-order valence-corrected chi connectivity index (χ0v) is 14.1. The molecule has 1 amide bonds. The van der Waals surface area contributed by atoms with Crippen molar-refractivity contribution in [2.75, 3.05) is 25.0 Å². The Morgan fingerprint density at radius 2 is 2.17 bits per heavy atom. The van der Waals surface area contributed by atoms with E-state index in [1.54, 1.807) is 6.20 Å². The van der Waals surface area contributed by atoms with E-state index in [9.17, 15) is 4.79 Å². The smallest absolute Gasteiger partial charge is 0.252 e. The van der Waals surface area contributed by atoms with E-state index in [0.717, 1.165) is 50.3 Å². The first-order valence-corrected chi connectivity index (χ1v) is 8.56. The Morgan fingerprint density at radius 3 is 2.88 bits per heavy atom. The van der Waals surface area contributed by atoms with Gasteiger partial charge in [0.15, 0.2) is 0 Å². The highest BCUT2D eigenvalue weighted by atomic mass is 16.2. The monoisotopic (exact) mass is 327 g/mol. The Kier molecular flexibility index (Phi) is 5.27. The summed E-state index contributed by atoms with van der Waals surface area (Å²) in [7, 11) is 0. The second kappa shape index (κ2) is 7.59. The van der Waals surface area contributed by atoms with Crippen LogP contribution in [0.4, 0.5) is 5.69 Å². The minimum atomic E-state index is -0.619. The molecule has 6 nitrogen and oxygen atoms in total. The first-order chi connectivity index (χ1) is 11.7. The Hall–Kier alpha value is -2.18. The third-order valence-corrected chi connectivity index (χ3v) is 4.56. The number of nitrogens with one attached hydrogen (secondary N) is 3. The van der Waals surface area contributed by atoms with Crippen LogP contribution in [0.5, 0.6) is 0 Å². The van der Waals surface area contributed by atoms with Crippen LogP contribution >= 0.6 is 0 Å². The second-order valence-corrected chi connectivity index (χ2v) is 6.17. The molecule has 1 aliphatic rings. The molecule has 1 aromatic carbocycles. The zero-order chi connectivity index (χ0) is 16.8. The molecule has 0 saturated carbocycles. The first-order valence-electron chi connectivity index (χ1n) is 8.56. The first kappa shape index (κ1) is 16.7. The van der Waals surface area contributed by atoms with E-state index in [0.29, 0.717) is 0 Å². The van der Waals surface area contributed by atoms with Crippen molar-refractivity contribution in [2.45, 2.75) is 31.8 Å². The Labute approximate surface area is 142 Å². The molecule has 0 bridgehead atoms. The molecule has 0 radical (unpaired) electrons. The summed E-state index contributed by atoms with van der Waals surface area (Å²) in [5.41, 5.74) is 1.38. The van der Waals surface area contributed by atoms with Gasteiger partial charge in [-0.3, -0.25) is 9.48 Å². The molecule has 3 N–H and O–H groups in total. The van der Waals surface area contributed by atoms with Crippen LogP contribution in [-0.4, -0.2) is 35.3 Å². The molecule has 1 saturated heterocycles.